The molecule has 1 fully saturated rings. The molecule has 24 heavy (non-hydrogen) atoms. The first kappa shape index (κ1) is 21.3. The van der Waals surface area contributed by atoms with Gasteiger partial charge in [0.05, 0.1) is 12.2 Å². The monoisotopic (exact) mass is 342 g/mol. The lowest BCUT2D eigenvalue weighted by molar-refractivity contribution is -0.125. The fourth-order valence-electron chi connectivity index (χ4n) is 3.58. The molecule has 0 bridgehead atoms. The van der Waals surface area contributed by atoms with Gasteiger partial charge in [-0.2, -0.15) is 0 Å². The number of hydrogen-bond donors (Lipinski definition) is 2. The molecule has 0 aromatic carbocycles. The molecule has 0 heterocycles. The Bertz CT molecular complexity index is 382. The van der Waals surface area contributed by atoms with Crippen molar-refractivity contribution >= 4 is 11.6 Å². The molecular weight excluding hydrogens is 308 g/mol. The normalized spacial score (nSPS) is 23.9. The molecule has 4 atom stereocenters. The Labute approximate surface area is 145 Å². The predicted octanol–water partition coefficient (Wildman–Crippen LogP) is 2.66. The summed E-state index contributed by atoms with van der Waals surface area (Å²) in [5.74, 6) is 0.724. The van der Waals surface area contributed by atoms with Crippen LogP contribution in [0.15, 0.2) is 0 Å². The van der Waals surface area contributed by atoms with E-state index in [4.69, 9.17) is 4.74 Å². The van der Waals surface area contributed by atoms with Gasteiger partial charge in [0.2, 0.25) is 0 Å². The van der Waals surface area contributed by atoms with Crippen LogP contribution in [-0.4, -0.2) is 47.7 Å². The van der Waals surface area contributed by atoms with Crippen molar-refractivity contribution in [1.29, 1.82) is 0 Å². The largest absolute Gasteiger partial charge is 0.393 e. The number of ether oxygens (including phenoxy) is 1. The summed E-state index contributed by atoms with van der Waals surface area (Å²) in [4.78, 5) is 23.5. The van der Waals surface area contributed by atoms with E-state index in [1.165, 1.54) is 0 Å². The first-order valence-corrected chi connectivity index (χ1v) is 9.34. The third-order valence-electron chi connectivity index (χ3n) is 5.07. The zero-order chi connectivity index (χ0) is 17.9. The van der Waals surface area contributed by atoms with Gasteiger partial charge in [0, 0.05) is 39.4 Å². The van der Waals surface area contributed by atoms with Gasteiger partial charge in [0.15, 0.2) is 0 Å². The van der Waals surface area contributed by atoms with E-state index in [2.05, 4.69) is 0 Å². The van der Waals surface area contributed by atoms with E-state index >= 15 is 0 Å². The van der Waals surface area contributed by atoms with Crippen LogP contribution in [0.4, 0.5) is 0 Å². The maximum Gasteiger partial charge on any atom is 0.133 e. The molecule has 0 aromatic heterocycles. The number of carbonyl (C=O) groups is 2. The molecule has 0 spiro atoms. The fraction of sp³-hybridized carbons (Fsp3) is 0.895. The third-order valence-corrected chi connectivity index (χ3v) is 5.07. The lowest BCUT2D eigenvalue weighted by atomic mass is 9.75. The second-order valence-electron chi connectivity index (χ2n) is 7.19. The van der Waals surface area contributed by atoms with E-state index in [0.29, 0.717) is 51.6 Å². The Morgan fingerprint density at radius 2 is 2.00 bits per heavy atom. The topological polar surface area (TPSA) is 83.8 Å². The van der Waals surface area contributed by atoms with Crippen LogP contribution in [0.2, 0.25) is 0 Å². The minimum Gasteiger partial charge on any atom is -0.393 e. The quantitative estimate of drug-likeness (QED) is 0.533. The first-order chi connectivity index (χ1) is 11.5. The zero-order valence-corrected chi connectivity index (χ0v) is 15.2. The maximum atomic E-state index is 11.9. The Balaban J connectivity index is 2.24. The fourth-order valence-corrected chi connectivity index (χ4v) is 3.58. The van der Waals surface area contributed by atoms with Gasteiger partial charge in [-0.05, 0) is 50.4 Å². The summed E-state index contributed by atoms with van der Waals surface area (Å²) >= 11 is 0. The Morgan fingerprint density at radius 1 is 1.25 bits per heavy atom. The number of hydrogen-bond acceptors (Lipinski definition) is 5. The summed E-state index contributed by atoms with van der Waals surface area (Å²) in [5, 5.41) is 20.1. The van der Waals surface area contributed by atoms with Gasteiger partial charge in [-0.15, -0.1) is 0 Å². The van der Waals surface area contributed by atoms with E-state index in [1.807, 2.05) is 6.92 Å². The summed E-state index contributed by atoms with van der Waals surface area (Å²) in [6.07, 6.45) is 5.27. The highest BCUT2D eigenvalue weighted by atomic mass is 16.5. The molecule has 4 unspecified atom stereocenters. The Morgan fingerprint density at radius 3 is 2.67 bits per heavy atom. The van der Waals surface area contributed by atoms with Crippen molar-refractivity contribution in [3.63, 3.8) is 0 Å². The predicted molar refractivity (Wildman–Crippen MR) is 92.7 cm³/mol. The molecule has 0 aliphatic heterocycles. The van der Waals surface area contributed by atoms with Crippen LogP contribution < -0.4 is 0 Å². The number of ketones is 2. The van der Waals surface area contributed by atoms with E-state index in [1.54, 1.807) is 7.11 Å². The molecule has 140 valence electrons. The van der Waals surface area contributed by atoms with Crippen LogP contribution in [0.25, 0.3) is 0 Å². The molecule has 0 radical (unpaired) electrons. The van der Waals surface area contributed by atoms with E-state index in [-0.39, 0.29) is 23.4 Å². The average Bonchev–Trinajstić information content (AvgIpc) is 2.57. The van der Waals surface area contributed by atoms with Crippen molar-refractivity contribution in [2.24, 2.45) is 11.8 Å². The van der Waals surface area contributed by atoms with Gasteiger partial charge < -0.3 is 14.9 Å². The van der Waals surface area contributed by atoms with Gasteiger partial charge in [-0.25, -0.2) is 0 Å². The highest BCUT2D eigenvalue weighted by Gasteiger charge is 2.31. The molecular formula is C19H34O5. The van der Waals surface area contributed by atoms with E-state index in [9.17, 15) is 19.8 Å². The minimum absolute atomic E-state index is 0.0701. The van der Waals surface area contributed by atoms with E-state index < -0.39 is 12.2 Å². The van der Waals surface area contributed by atoms with Crippen molar-refractivity contribution < 1.29 is 24.5 Å². The lowest BCUT2D eigenvalue weighted by Gasteiger charge is -2.31. The number of rotatable bonds is 12. The number of aliphatic hydroxyl groups excluding tert-OH is 2. The summed E-state index contributed by atoms with van der Waals surface area (Å²) in [6.45, 7) is 2.53. The molecule has 0 aromatic rings. The Hall–Kier alpha value is -0.780. The first-order valence-electron chi connectivity index (χ1n) is 9.34. The van der Waals surface area contributed by atoms with Crippen LogP contribution in [0.5, 0.6) is 0 Å². The molecule has 2 N–H and O–H groups in total. The number of Topliss-reactive ketones (excluding diaryl/α,β-unsaturated/α-hetero) is 2. The van der Waals surface area contributed by atoms with Crippen LogP contribution in [0.3, 0.4) is 0 Å². The van der Waals surface area contributed by atoms with Crippen molar-refractivity contribution in [3.05, 3.63) is 0 Å². The Kier molecular flexibility index (Phi) is 10.4. The van der Waals surface area contributed by atoms with Crippen LogP contribution in [-0.2, 0) is 14.3 Å². The van der Waals surface area contributed by atoms with Gasteiger partial charge in [0.25, 0.3) is 0 Å². The molecule has 1 rings (SSSR count). The van der Waals surface area contributed by atoms with Gasteiger partial charge in [0.1, 0.15) is 11.6 Å². The van der Waals surface area contributed by atoms with Crippen LogP contribution >= 0.6 is 0 Å². The summed E-state index contributed by atoms with van der Waals surface area (Å²) in [7, 11) is 1.62. The maximum absolute atomic E-state index is 11.9. The standard InChI is InChI=1S/C19H34O5/c1-3-19(23)15-11-14(12-18(22)13-15)6-7-17(21)9-8-16(20)5-4-10-24-2/h14-15,17,19,21,23H,3-13H2,1-2H3. The summed E-state index contributed by atoms with van der Waals surface area (Å²) < 4.78 is 4.92. The number of carbonyl (C=O) groups excluding carboxylic acids is 2. The number of methoxy groups -OCH3 is 1. The third kappa shape index (κ3) is 8.36. The zero-order valence-electron chi connectivity index (χ0n) is 15.2. The van der Waals surface area contributed by atoms with Crippen molar-refractivity contribution in [1.82, 2.24) is 0 Å². The molecule has 0 amide bonds. The van der Waals surface area contributed by atoms with Crippen molar-refractivity contribution in [2.45, 2.75) is 83.3 Å². The minimum atomic E-state index is -0.483. The van der Waals surface area contributed by atoms with Crippen molar-refractivity contribution in [2.75, 3.05) is 13.7 Å². The summed E-state index contributed by atoms with van der Waals surface area (Å²) in [6, 6.07) is 0. The van der Waals surface area contributed by atoms with Crippen LogP contribution in [0, 0.1) is 11.8 Å². The van der Waals surface area contributed by atoms with Gasteiger partial charge in [-0.1, -0.05) is 6.92 Å². The van der Waals surface area contributed by atoms with Gasteiger partial charge >= 0.3 is 0 Å². The van der Waals surface area contributed by atoms with Crippen molar-refractivity contribution in [3.8, 4) is 0 Å². The molecule has 5 nitrogen and oxygen atoms in total. The summed E-state index contributed by atoms with van der Waals surface area (Å²) in [5.41, 5.74) is 0. The molecule has 1 aliphatic carbocycles. The molecule has 5 heteroatoms. The highest BCUT2D eigenvalue weighted by Crippen LogP contribution is 2.33. The number of aliphatic hydroxyl groups is 2. The van der Waals surface area contributed by atoms with Gasteiger partial charge in [-0.3, -0.25) is 9.59 Å². The molecule has 0 saturated heterocycles. The van der Waals surface area contributed by atoms with Crippen LogP contribution in [0.1, 0.15) is 71.1 Å². The second kappa shape index (κ2) is 11.7. The molecule has 1 saturated carbocycles. The molecule has 1 aliphatic rings. The lowest BCUT2D eigenvalue weighted by Crippen LogP contribution is -2.31. The average molecular weight is 342 g/mol. The van der Waals surface area contributed by atoms with E-state index in [0.717, 1.165) is 19.3 Å². The highest BCUT2D eigenvalue weighted by molar-refractivity contribution is 5.79. The second-order valence-corrected chi connectivity index (χ2v) is 7.19. The smallest absolute Gasteiger partial charge is 0.133 e. The SMILES string of the molecule is CCC(O)C1CC(=O)CC(CCC(O)CCC(=O)CCCOC)C1.